The smallest absolute Gasteiger partial charge is 0.274 e. The summed E-state index contributed by atoms with van der Waals surface area (Å²) in [5.41, 5.74) is 4.01. The van der Waals surface area contributed by atoms with Crippen LogP contribution in [-0.2, 0) is 10.3 Å². The van der Waals surface area contributed by atoms with E-state index in [1.54, 1.807) is 19.5 Å². The van der Waals surface area contributed by atoms with Crippen molar-refractivity contribution >= 4 is 11.6 Å². The molecule has 3 aliphatic rings. The lowest BCUT2D eigenvalue weighted by Crippen LogP contribution is -2.48. The number of hydrogen-bond donors (Lipinski definition) is 1. The first-order valence-electron chi connectivity index (χ1n) is 11.4. The lowest BCUT2D eigenvalue weighted by molar-refractivity contribution is -0.0393. The van der Waals surface area contributed by atoms with Gasteiger partial charge in [0.15, 0.2) is 0 Å². The van der Waals surface area contributed by atoms with E-state index in [1.807, 2.05) is 17.9 Å². The Morgan fingerprint density at radius 1 is 1.18 bits per heavy atom. The van der Waals surface area contributed by atoms with Gasteiger partial charge >= 0.3 is 0 Å². The Morgan fingerprint density at radius 2 is 2.03 bits per heavy atom. The lowest BCUT2D eigenvalue weighted by Gasteiger charge is -2.41. The molecule has 1 atom stereocenters. The van der Waals surface area contributed by atoms with Crippen molar-refractivity contribution in [2.24, 2.45) is 0 Å². The number of rotatable bonds is 2. The van der Waals surface area contributed by atoms with E-state index in [4.69, 9.17) is 9.47 Å². The van der Waals surface area contributed by atoms with Gasteiger partial charge in [0.25, 0.3) is 5.91 Å². The number of carbonyl (C=O) groups excluding carboxylic acids is 1. The largest absolute Gasteiger partial charge is 0.497 e. The number of aromatic nitrogens is 3. The predicted octanol–water partition coefficient (Wildman–Crippen LogP) is 3.30. The minimum atomic E-state index is -0.308. The molecule has 2 saturated heterocycles. The molecule has 8 nitrogen and oxygen atoms in total. The number of piperidine rings is 1. The third kappa shape index (κ3) is 3.20. The van der Waals surface area contributed by atoms with Gasteiger partial charge in [0, 0.05) is 38.0 Å². The monoisotopic (exact) mass is 445 g/mol. The molecule has 2 fully saturated rings. The Labute approximate surface area is 192 Å². The quantitative estimate of drug-likeness (QED) is 0.652. The first-order valence-corrected chi connectivity index (χ1v) is 11.4. The van der Waals surface area contributed by atoms with E-state index in [2.05, 4.69) is 50.3 Å². The maximum absolute atomic E-state index is 12.9. The summed E-state index contributed by atoms with van der Waals surface area (Å²) in [5.74, 6) is 0.766. The summed E-state index contributed by atoms with van der Waals surface area (Å²) in [5, 5.41) is 3.80. The maximum atomic E-state index is 12.9. The molecule has 0 bridgehead atoms. The SMILES string of the molecule is COc1ccc2c(c1)N[C@@]1(COC3(CCN(C(=O)c4cnc(C)cn4)CC3)C1)c1cccn1-2. The highest BCUT2D eigenvalue weighted by atomic mass is 16.5. The van der Waals surface area contributed by atoms with Crippen LogP contribution >= 0.6 is 0 Å². The fourth-order valence-electron chi connectivity index (χ4n) is 5.53. The second kappa shape index (κ2) is 7.31. The van der Waals surface area contributed by atoms with E-state index in [-0.39, 0.29) is 17.0 Å². The minimum Gasteiger partial charge on any atom is -0.497 e. The summed E-state index contributed by atoms with van der Waals surface area (Å²) in [6, 6.07) is 10.4. The van der Waals surface area contributed by atoms with E-state index < -0.39 is 0 Å². The average Bonchev–Trinajstić information content (AvgIpc) is 3.46. The van der Waals surface area contributed by atoms with Crippen LogP contribution in [0.1, 0.15) is 41.1 Å². The van der Waals surface area contributed by atoms with E-state index in [0.717, 1.165) is 42.1 Å². The summed E-state index contributed by atoms with van der Waals surface area (Å²) >= 11 is 0. The minimum absolute atomic E-state index is 0.0595. The van der Waals surface area contributed by atoms with Gasteiger partial charge in [-0.3, -0.25) is 9.78 Å². The molecule has 1 N–H and O–H groups in total. The van der Waals surface area contributed by atoms with E-state index in [9.17, 15) is 4.79 Å². The number of benzene rings is 1. The molecule has 3 aliphatic heterocycles. The Morgan fingerprint density at radius 3 is 2.79 bits per heavy atom. The van der Waals surface area contributed by atoms with Crippen LogP contribution < -0.4 is 10.1 Å². The number of aryl methyl sites for hydroxylation is 1. The molecule has 0 aliphatic carbocycles. The maximum Gasteiger partial charge on any atom is 0.274 e. The molecule has 2 aromatic heterocycles. The number of nitrogens with one attached hydrogen (secondary N) is 1. The Kier molecular flexibility index (Phi) is 4.48. The topological polar surface area (TPSA) is 81.5 Å². The van der Waals surface area contributed by atoms with Gasteiger partial charge in [-0.15, -0.1) is 0 Å². The Hall–Kier alpha value is -3.39. The van der Waals surface area contributed by atoms with Gasteiger partial charge in [-0.25, -0.2) is 4.98 Å². The molecule has 6 rings (SSSR count). The highest BCUT2D eigenvalue weighted by molar-refractivity contribution is 5.92. The van der Waals surface area contributed by atoms with Crippen LogP contribution in [-0.4, -0.2) is 57.7 Å². The molecular formula is C25H27N5O3. The van der Waals surface area contributed by atoms with Gasteiger partial charge in [-0.2, -0.15) is 0 Å². The zero-order valence-electron chi connectivity index (χ0n) is 18.9. The number of likely N-dealkylation sites (tertiary alicyclic amines) is 1. The second-order valence-electron chi connectivity index (χ2n) is 9.34. The molecule has 1 amide bonds. The normalized spacial score (nSPS) is 22.7. The molecule has 0 saturated carbocycles. The van der Waals surface area contributed by atoms with Crippen LogP contribution in [0.5, 0.6) is 5.75 Å². The summed E-state index contributed by atoms with van der Waals surface area (Å²) < 4.78 is 14.3. The standard InChI is InChI=1S/C25H27N5O3/c1-17-13-27-20(14-26-17)23(31)29-10-7-24(8-11-29)15-25(16-33-24)22-4-3-9-30(22)21-6-5-18(32-2)12-19(21)28-25/h3-6,9,12-14,28H,7-8,10-11,15-16H2,1-2H3/t25-/m0/s1. The highest BCUT2D eigenvalue weighted by Crippen LogP contribution is 2.50. The number of hydrogen-bond acceptors (Lipinski definition) is 6. The third-order valence-corrected chi connectivity index (χ3v) is 7.29. The average molecular weight is 446 g/mol. The van der Waals surface area contributed by atoms with Gasteiger partial charge in [0.05, 0.1) is 48.3 Å². The number of anilines is 1. The molecule has 5 heterocycles. The summed E-state index contributed by atoms with van der Waals surface area (Å²) in [7, 11) is 1.69. The number of amides is 1. The van der Waals surface area contributed by atoms with Crippen molar-refractivity contribution in [3.8, 4) is 11.4 Å². The van der Waals surface area contributed by atoms with Crippen molar-refractivity contribution in [1.29, 1.82) is 0 Å². The summed E-state index contributed by atoms with van der Waals surface area (Å²) in [4.78, 5) is 23.2. The fraction of sp³-hybridized carbons (Fsp3) is 0.400. The van der Waals surface area contributed by atoms with Gasteiger partial charge in [-0.05, 0) is 44.0 Å². The zero-order chi connectivity index (χ0) is 22.6. The predicted molar refractivity (Wildman–Crippen MR) is 123 cm³/mol. The molecule has 0 radical (unpaired) electrons. The van der Waals surface area contributed by atoms with E-state index >= 15 is 0 Å². The molecule has 8 heteroatoms. The van der Waals surface area contributed by atoms with Crippen molar-refractivity contribution < 1.29 is 14.3 Å². The van der Waals surface area contributed by atoms with Gasteiger partial charge in [0.1, 0.15) is 17.0 Å². The van der Waals surface area contributed by atoms with E-state index in [1.165, 1.54) is 5.69 Å². The molecule has 33 heavy (non-hydrogen) atoms. The number of ether oxygens (including phenoxy) is 2. The Balaban J connectivity index is 1.23. The van der Waals surface area contributed by atoms with Crippen LogP contribution in [0, 0.1) is 6.92 Å². The second-order valence-corrected chi connectivity index (χ2v) is 9.34. The van der Waals surface area contributed by atoms with Gasteiger partial charge in [0.2, 0.25) is 0 Å². The molecule has 0 unspecified atom stereocenters. The van der Waals surface area contributed by atoms with Gasteiger partial charge in [-0.1, -0.05) is 0 Å². The number of carbonyl (C=O) groups is 1. The van der Waals surface area contributed by atoms with Crippen molar-refractivity contribution in [1.82, 2.24) is 19.4 Å². The van der Waals surface area contributed by atoms with Crippen LogP contribution in [0.2, 0.25) is 0 Å². The van der Waals surface area contributed by atoms with Crippen molar-refractivity contribution in [2.75, 3.05) is 32.1 Å². The number of nitrogens with zero attached hydrogens (tertiary/aromatic N) is 4. The molecule has 170 valence electrons. The lowest BCUT2D eigenvalue weighted by atomic mass is 9.79. The van der Waals surface area contributed by atoms with Gasteiger partial charge < -0.3 is 24.3 Å². The number of fused-ring (bicyclic) bond motifs is 4. The Bertz CT molecular complexity index is 1210. The van der Waals surface area contributed by atoms with Crippen LogP contribution in [0.3, 0.4) is 0 Å². The fourth-order valence-corrected chi connectivity index (χ4v) is 5.53. The zero-order valence-corrected chi connectivity index (χ0v) is 18.9. The highest BCUT2D eigenvalue weighted by Gasteiger charge is 2.54. The van der Waals surface area contributed by atoms with Crippen LogP contribution in [0.25, 0.3) is 5.69 Å². The first kappa shape index (κ1) is 20.2. The third-order valence-electron chi connectivity index (χ3n) is 7.29. The van der Waals surface area contributed by atoms with Crippen LogP contribution in [0.15, 0.2) is 48.9 Å². The first-order chi connectivity index (χ1) is 16.0. The molecule has 2 spiro atoms. The summed E-state index contributed by atoms with van der Waals surface area (Å²) in [6.07, 6.45) is 7.76. The van der Waals surface area contributed by atoms with Crippen LogP contribution in [0.4, 0.5) is 5.69 Å². The van der Waals surface area contributed by atoms with E-state index in [0.29, 0.717) is 25.4 Å². The number of methoxy groups -OCH3 is 1. The summed E-state index contributed by atoms with van der Waals surface area (Å²) in [6.45, 7) is 3.75. The van der Waals surface area contributed by atoms with Crippen molar-refractivity contribution in [2.45, 2.75) is 37.3 Å². The van der Waals surface area contributed by atoms with Crippen molar-refractivity contribution in [3.05, 3.63) is 66.0 Å². The van der Waals surface area contributed by atoms with Crippen molar-refractivity contribution in [3.63, 3.8) is 0 Å². The molecule has 1 aromatic carbocycles. The molecular weight excluding hydrogens is 418 g/mol. The molecule has 3 aromatic rings.